The number of alkyl halides is 1. The van der Waals surface area contributed by atoms with Gasteiger partial charge in [-0.05, 0) is 36.2 Å². The lowest BCUT2D eigenvalue weighted by Gasteiger charge is -2.11. The van der Waals surface area contributed by atoms with Crippen molar-refractivity contribution >= 4 is 27.5 Å². The predicted octanol–water partition coefficient (Wildman–Crippen LogP) is 3.47. The molecule has 0 aliphatic carbocycles. The molecule has 98 valence electrons. The van der Waals surface area contributed by atoms with E-state index < -0.39 is 0 Å². The van der Waals surface area contributed by atoms with Gasteiger partial charge in [-0.3, -0.25) is 4.68 Å². The Labute approximate surface area is 117 Å². The molecule has 0 radical (unpaired) electrons. The number of rotatable bonds is 7. The van der Waals surface area contributed by atoms with Gasteiger partial charge in [0.1, 0.15) is 0 Å². The van der Waals surface area contributed by atoms with Gasteiger partial charge in [0.05, 0.1) is 15.9 Å². The molecule has 0 aliphatic heterocycles. The molecule has 0 saturated carbocycles. The summed E-state index contributed by atoms with van der Waals surface area (Å²) in [7, 11) is 0. The van der Waals surface area contributed by atoms with Crippen LogP contribution in [-0.4, -0.2) is 21.7 Å². The van der Waals surface area contributed by atoms with Gasteiger partial charge in [0.15, 0.2) is 0 Å². The minimum Gasteiger partial charge on any atom is -0.310 e. The number of aromatic nitrogens is 2. The average molecular weight is 323 g/mol. The predicted molar refractivity (Wildman–Crippen MR) is 76.6 cm³/mol. The molecule has 0 saturated heterocycles. The number of halogens is 2. The Balaban J connectivity index is 2.51. The molecule has 1 heterocycles. The van der Waals surface area contributed by atoms with Crippen molar-refractivity contribution in [2.45, 2.75) is 52.1 Å². The van der Waals surface area contributed by atoms with Crippen molar-refractivity contribution in [3.63, 3.8) is 0 Å². The highest BCUT2D eigenvalue weighted by Gasteiger charge is 2.12. The summed E-state index contributed by atoms with van der Waals surface area (Å²) < 4.78 is 3.13. The summed E-state index contributed by atoms with van der Waals surface area (Å²) in [6, 6.07) is 0. The van der Waals surface area contributed by atoms with Crippen molar-refractivity contribution in [1.29, 1.82) is 0 Å². The van der Waals surface area contributed by atoms with E-state index in [4.69, 9.17) is 11.6 Å². The molecule has 1 aromatic rings. The van der Waals surface area contributed by atoms with E-state index >= 15 is 0 Å². The Kier molecular flexibility index (Phi) is 6.52. The smallest absolute Gasteiger partial charge is 0.0739 e. The molecule has 0 fully saturated rings. The fourth-order valence-corrected chi connectivity index (χ4v) is 2.55. The van der Waals surface area contributed by atoms with Gasteiger partial charge >= 0.3 is 0 Å². The summed E-state index contributed by atoms with van der Waals surface area (Å²) in [5.41, 5.74) is 2.24. The third-order valence-corrected chi connectivity index (χ3v) is 4.12. The second-order valence-electron chi connectivity index (χ2n) is 4.18. The van der Waals surface area contributed by atoms with Crippen molar-refractivity contribution < 1.29 is 0 Å². The molecule has 0 aliphatic rings. The highest BCUT2D eigenvalue weighted by Crippen LogP contribution is 2.20. The first-order valence-electron chi connectivity index (χ1n) is 6.16. The van der Waals surface area contributed by atoms with Crippen LogP contribution in [0.2, 0.25) is 0 Å². The summed E-state index contributed by atoms with van der Waals surface area (Å²) in [6.45, 7) is 8.81. The molecule has 17 heavy (non-hydrogen) atoms. The van der Waals surface area contributed by atoms with Crippen LogP contribution in [0.5, 0.6) is 0 Å². The normalized spacial score (nSPS) is 13.0. The Morgan fingerprint density at radius 1 is 1.47 bits per heavy atom. The van der Waals surface area contributed by atoms with Crippen molar-refractivity contribution in [1.82, 2.24) is 15.1 Å². The van der Waals surface area contributed by atoms with Crippen LogP contribution < -0.4 is 5.32 Å². The summed E-state index contributed by atoms with van der Waals surface area (Å²) >= 11 is 9.75. The lowest BCUT2D eigenvalue weighted by Crippen LogP contribution is -2.24. The number of aryl methyl sites for hydroxylation is 2. The molecule has 1 aromatic heterocycles. The Morgan fingerprint density at radius 3 is 2.76 bits per heavy atom. The van der Waals surface area contributed by atoms with Gasteiger partial charge in [0.2, 0.25) is 0 Å². The van der Waals surface area contributed by atoms with Crippen LogP contribution in [0.1, 0.15) is 38.1 Å². The number of hydrogen-bond acceptors (Lipinski definition) is 2. The molecule has 3 nitrogen and oxygen atoms in total. The zero-order chi connectivity index (χ0) is 12.8. The Hall–Kier alpha value is -0.0600. The van der Waals surface area contributed by atoms with Gasteiger partial charge in [-0.15, -0.1) is 11.6 Å². The fourth-order valence-electron chi connectivity index (χ4n) is 1.80. The van der Waals surface area contributed by atoms with Crippen LogP contribution in [0, 0.1) is 6.92 Å². The maximum atomic E-state index is 6.17. The van der Waals surface area contributed by atoms with Crippen LogP contribution in [0.4, 0.5) is 0 Å². The lowest BCUT2D eigenvalue weighted by atomic mass is 10.2. The Morgan fingerprint density at radius 2 is 2.18 bits per heavy atom. The highest BCUT2D eigenvalue weighted by molar-refractivity contribution is 9.10. The number of hydrogen-bond donors (Lipinski definition) is 1. The molecular formula is C12H21BrClN3. The second kappa shape index (κ2) is 7.39. The van der Waals surface area contributed by atoms with Crippen molar-refractivity contribution in [2.24, 2.45) is 0 Å². The van der Waals surface area contributed by atoms with E-state index in [9.17, 15) is 0 Å². The first kappa shape index (κ1) is 15.0. The number of nitrogens with zero attached hydrogens (tertiary/aromatic N) is 2. The van der Waals surface area contributed by atoms with Gasteiger partial charge in [-0.25, -0.2) is 0 Å². The van der Waals surface area contributed by atoms with Crippen molar-refractivity contribution in [2.75, 3.05) is 6.54 Å². The standard InChI is InChI=1S/C12H21BrClN3/c1-4-6-10(14)7-15-8-11-12(13)9(3)16-17(11)5-2/h10,15H,4-8H2,1-3H3. The summed E-state index contributed by atoms with van der Waals surface area (Å²) in [5.74, 6) is 0. The molecule has 1 unspecified atom stereocenters. The minimum atomic E-state index is 0.220. The largest absolute Gasteiger partial charge is 0.310 e. The van der Waals surface area contributed by atoms with Gasteiger partial charge in [0, 0.05) is 25.0 Å². The van der Waals surface area contributed by atoms with E-state index in [0.29, 0.717) is 0 Å². The molecule has 1 atom stereocenters. The minimum absolute atomic E-state index is 0.220. The monoisotopic (exact) mass is 321 g/mol. The summed E-state index contributed by atoms with van der Waals surface area (Å²) in [4.78, 5) is 0. The molecule has 1 rings (SSSR count). The van der Waals surface area contributed by atoms with Crippen LogP contribution in [0.25, 0.3) is 0 Å². The van der Waals surface area contributed by atoms with E-state index in [2.05, 4.69) is 40.2 Å². The highest BCUT2D eigenvalue weighted by atomic mass is 79.9. The summed E-state index contributed by atoms with van der Waals surface area (Å²) in [5, 5.41) is 8.07. The molecular weight excluding hydrogens is 302 g/mol. The van der Waals surface area contributed by atoms with E-state index in [0.717, 1.165) is 42.6 Å². The quantitative estimate of drug-likeness (QED) is 0.779. The lowest BCUT2D eigenvalue weighted by molar-refractivity contribution is 0.564. The molecule has 0 bridgehead atoms. The van der Waals surface area contributed by atoms with Gasteiger partial charge < -0.3 is 5.32 Å². The third-order valence-electron chi connectivity index (χ3n) is 2.71. The van der Waals surface area contributed by atoms with Crippen molar-refractivity contribution in [3.8, 4) is 0 Å². The topological polar surface area (TPSA) is 29.9 Å². The van der Waals surface area contributed by atoms with Gasteiger partial charge in [0.25, 0.3) is 0 Å². The Bertz CT molecular complexity index is 352. The first-order valence-corrected chi connectivity index (χ1v) is 7.39. The van der Waals surface area contributed by atoms with Gasteiger partial charge in [-0.2, -0.15) is 5.10 Å². The van der Waals surface area contributed by atoms with Gasteiger partial charge in [-0.1, -0.05) is 13.3 Å². The van der Waals surface area contributed by atoms with E-state index in [-0.39, 0.29) is 5.38 Å². The second-order valence-corrected chi connectivity index (χ2v) is 5.59. The van der Waals surface area contributed by atoms with E-state index in [1.165, 1.54) is 5.69 Å². The molecule has 0 spiro atoms. The zero-order valence-corrected chi connectivity index (χ0v) is 13.1. The summed E-state index contributed by atoms with van der Waals surface area (Å²) in [6.07, 6.45) is 2.19. The maximum absolute atomic E-state index is 6.17. The van der Waals surface area contributed by atoms with Crippen LogP contribution in [-0.2, 0) is 13.1 Å². The molecule has 0 amide bonds. The van der Waals surface area contributed by atoms with E-state index in [1.54, 1.807) is 0 Å². The average Bonchev–Trinajstić information content (AvgIpc) is 2.57. The van der Waals surface area contributed by atoms with E-state index in [1.807, 2.05) is 11.6 Å². The first-order chi connectivity index (χ1) is 8.10. The molecule has 1 N–H and O–H groups in total. The van der Waals surface area contributed by atoms with Crippen LogP contribution in [0.3, 0.4) is 0 Å². The zero-order valence-electron chi connectivity index (χ0n) is 10.8. The van der Waals surface area contributed by atoms with Crippen molar-refractivity contribution in [3.05, 3.63) is 15.9 Å². The fraction of sp³-hybridized carbons (Fsp3) is 0.750. The SMILES string of the molecule is CCCC(Cl)CNCc1c(Br)c(C)nn1CC. The molecule has 0 aromatic carbocycles. The van der Waals surface area contributed by atoms with Crippen LogP contribution in [0.15, 0.2) is 4.47 Å². The van der Waals surface area contributed by atoms with Crippen LogP contribution >= 0.6 is 27.5 Å². The third kappa shape index (κ3) is 4.27. The maximum Gasteiger partial charge on any atom is 0.0739 e. The number of nitrogens with one attached hydrogen (secondary N) is 1. The molecule has 5 heteroatoms.